The number of methoxy groups -OCH3 is 1. The molecule has 15 heavy (non-hydrogen) atoms. The molecule has 0 spiro atoms. The zero-order chi connectivity index (χ0) is 11.6. The second-order valence-corrected chi connectivity index (χ2v) is 5.28. The summed E-state index contributed by atoms with van der Waals surface area (Å²) in [5.41, 5.74) is 0.351. The van der Waals surface area contributed by atoms with E-state index in [0.29, 0.717) is 5.56 Å². The van der Waals surface area contributed by atoms with E-state index >= 15 is 0 Å². The van der Waals surface area contributed by atoms with E-state index in [4.69, 9.17) is 4.74 Å². The van der Waals surface area contributed by atoms with Crippen LogP contribution in [0.25, 0.3) is 0 Å². The van der Waals surface area contributed by atoms with Crippen molar-refractivity contribution in [3.63, 3.8) is 0 Å². The van der Waals surface area contributed by atoms with Gasteiger partial charge in [0, 0.05) is 11.0 Å². The number of ether oxygens (including phenoxy) is 1. The average Bonchev–Trinajstić information content (AvgIpc) is 2.15. The number of halogens is 1. The summed E-state index contributed by atoms with van der Waals surface area (Å²) in [4.78, 5) is 12.0. The van der Waals surface area contributed by atoms with Crippen LogP contribution in [0.5, 0.6) is 5.75 Å². The van der Waals surface area contributed by atoms with Crippen molar-refractivity contribution < 1.29 is 9.53 Å². The van der Waals surface area contributed by atoms with Crippen LogP contribution in [0.1, 0.15) is 31.1 Å². The normalized spacial score (nSPS) is 11.3. The number of Topliss-reactive ketones (excluding diaryl/α,β-unsaturated/α-hetero) is 1. The van der Waals surface area contributed by atoms with Gasteiger partial charge in [-0.15, -0.1) is 0 Å². The molecule has 0 bridgehead atoms. The Morgan fingerprint density at radius 1 is 1.33 bits per heavy atom. The molecule has 0 unspecified atom stereocenters. The minimum atomic E-state index is -0.353. The van der Waals surface area contributed by atoms with Crippen molar-refractivity contribution in [3.8, 4) is 5.75 Å². The van der Waals surface area contributed by atoms with E-state index in [2.05, 4.69) is 15.9 Å². The van der Waals surface area contributed by atoms with Crippen LogP contribution < -0.4 is 4.74 Å². The first kappa shape index (κ1) is 12.2. The Morgan fingerprint density at radius 2 is 1.93 bits per heavy atom. The monoisotopic (exact) mass is 270 g/mol. The molecule has 0 saturated heterocycles. The maximum absolute atomic E-state index is 12.0. The number of rotatable bonds is 2. The molecule has 0 fully saturated rings. The van der Waals surface area contributed by atoms with Gasteiger partial charge in [-0.1, -0.05) is 20.8 Å². The summed E-state index contributed by atoms with van der Waals surface area (Å²) in [5.74, 6) is 0.867. The molecule has 0 aliphatic heterocycles. The summed E-state index contributed by atoms with van der Waals surface area (Å²) >= 11 is 3.37. The van der Waals surface area contributed by atoms with Crippen LogP contribution in [0.15, 0.2) is 22.7 Å². The van der Waals surface area contributed by atoms with Crippen LogP contribution in [0.3, 0.4) is 0 Å². The van der Waals surface area contributed by atoms with Crippen LogP contribution >= 0.6 is 15.9 Å². The summed E-state index contributed by atoms with van der Waals surface area (Å²) < 4.78 is 5.91. The Morgan fingerprint density at radius 3 is 2.33 bits per heavy atom. The van der Waals surface area contributed by atoms with Crippen molar-refractivity contribution in [1.29, 1.82) is 0 Å². The van der Waals surface area contributed by atoms with Crippen molar-refractivity contribution in [3.05, 3.63) is 28.2 Å². The molecular weight excluding hydrogens is 256 g/mol. The van der Waals surface area contributed by atoms with E-state index < -0.39 is 0 Å². The van der Waals surface area contributed by atoms with Gasteiger partial charge in [0.15, 0.2) is 5.78 Å². The fourth-order valence-electron chi connectivity index (χ4n) is 1.24. The van der Waals surface area contributed by atoms with Gasteiger partial charge in [0.1, 0.15) is 5.75 Å². The summed E-state index contributed by atoms with van der Waals surface area (Å²) in [6.45, 7) is 5.73. The second kappa shape index (κ2) is 4.35. The minimum absolute atomic E-state index is 0.130. The fourth-order valence-corrected chi connectivity index (χ4v) is 1.78. The predicted molar refractivity (Wildman–Crippen MR) is 64.5 cm³/mol. The molecule has 0 aliphatic carbocycles. The number of hydrogen-bond donors (Lipinski definition) is 0. The van der Waals surface area contributed by atoms with Crippen LogP contribution in [-0.4, -0.2) is 12.9 Å². The number of carbonyl (C=O) groups excluding carboxylic acids is 1. The molecule has 82 valence electrons. The van der Waals surface area contributed by atoms with Gasteiger partial charge < -0.3 is 4.74 Å². The lowest BCUT2D eigenvalue weighted by atomic mass is 9.86. The topological polar surface area (TPSA) is 26.3 Å². The number of ketones is 1. The maximum atomic E-state index is 12.0. The summed E-state index contributed by atoms with van der Waals surface area (Å²) in [5, 5.41) is 0. The van der Waals surface area contributed by atoms with Gasteiger partial charge in [0.25, 0.3) is 0 Å². The average molecular weight is 271 g/mol. The Hall–Kier alpha value is -0.830. The van der Waals surface area contributed by atoms with Gasteiger partial charge in [-0.3, -0.25) is 4.79 Å². The molecular formula is C12H15BrO2. The fraction of sp³-hybridized carbons (Fsp3) is 0.417. The highest BCUT2D eigenvalue weighted by Gasteiger charge is 2.23. The summed E-state index contributed by atoms with van der Waals surface area (Å²) in [6.07, 6.45) is 0. The molecule has 0 radical (unpaired) electrons. The highest BCUT2D eigenvalue weighted by Crippen LogP contribution is 2.28. The minimum Gasteiger partial charge on any atom is -0.496 e. The molecule has 2 nitrogen and oxygen atoms in total. The molecule has 0 heterocycles. The smallest absolute Gasteiger partial charge is 0.168 e. The lowest BCUT2D eigenvalue weighted by Gasteiger charge is -2.17. The van der Waals surface area contributed by atoms with Gasteiger partial charge in [0.2, 0.25) is 0 Å². The third-order valence-corrected chi connectivity index (χ3v) is 2.71. The first-order valence-corrected chi connectivity index (χ1v) is 5.54. The Kier molecular flexibility index (Phi) is 3.55. The molecule has 0 saturated carbocycles. The van der Waals surface area contributed by atoms with Crippen molar-refractivity contribution in [2.75, 3.05) is 7.11 Å². The van der Waals surface area contributed by atoms with Crippen molar-refractivity contribution in [2.45, 2.75) is 20.8 Å². The van der Waals surface area contributed by atoms with Crippen molar-refractivity contribution in [2.24, 2.45) is 5.41 Å². The van der Waals surface area contributed by atoms with E-state index in [9.17, 15) is 4.79 Å². The third-order valence-electron chi connectivity index (χ3n) is 2.10. The van der Waals surface area contributed by atoms with E-state index in [0.717, 1.165) is 10.2 Å². The number of benzene rings is 1. The Labute approximate surface area is 98.8 Å². The van der Waals surface area contributed by atoms with Crippen molar-refractivity contribution >= 4 is 21.7 Å². The lowest BCUT2D eigenvalue weighted by molar-refractivity contribution is 0.0858. The molecule has 1 rings (SSSR count). The summed E-state index contributed by atoms with van der Waals surface area (Å²) in [7, 11) is 1.60. The molecule has 0 aromatic heterocycles. The Balaban J connectivity index is 3.08. The van der Waals surface area contributed by atoms with Gasteiger partial charge in [-0.2, -0.15) is 0 Å². The molecule has 0 N–H and O–H groups in total. The van der Waals surface area contributed by atoms with Crippen molar-refractivity contribution in [1.82, 2.24) is 0 Å². The largest absolute Gasteiger partial charge is 0.496 e. The molecule has 0 atom stereocenters. The van der Waals surface area contributed by atoms with Crippen LogP contribution in [0.2, 0.25) is 0 Å². The number of hydrogen-bond acceptors (Lipinski definition) is 2. The second-order valence-electron chi connectivity index (χ2n) is 4.43. The van der Waals surface area contributed by atoms with E-state index in [1.165, 1.54) is 0 Å². The lowest BCUT2D eigenvalue weighted by Crippen LogP contribution is -2.20. The predicted octanol–water partition coefficient (Wildman–Crippen LogP) is 3.69. The van der Waals surface area contributed by atoms with E-state index in [-0.39, 0.29) is 11.2 Å². The van der Waals surface area contributed by atoms with Crippen LogP contribution in [0.4, 0.5) is 0 Å². The van der Waals surface area contributed by atoms with Gasteiger partial charge >= 0.3 is 0 Å². The highest BCUT2D eigenvalue weighted by molar-refractivity contribution is 9.10. The molecule has 1 aromatic carbocycles. The first-order valence-electron chi connectivity index (χ1n) is 4.74. The highest BCUT2D eigenvalue weighted by atomic mass is 79.9. The third kappa shape index (κ3) is 2.81. The van der Waals surface area contributed by atoms with Gasteiger partial charge in [-0.25, -0.2) is 0 Å². The van der Waals surface area contributed by atoms with Gasteiger partial charge in [0.05, 0.1) is 11.6 Å². The standard InChI is InChI=1S/C12H15BrO2/c1-12(2,3)11(14)8-5-6-10(15-4)9(13)7-8/h5-7H,1-4H3. The molecule has 3 heteroatoms. The molecule has 0 aliphatic rings. The van der Waals surface area contributed by atoms with E-state index in [1.807, 2.05) is 20.8 Å². The SMILES string of the molecule is COc1ccc(C(=O)C(C)(C)C)cc1Br. The maximum Gasteiger partial charge on any atom is 0.168 e. The van der Waals surface area contributed by atoms with Crippen LogP contribution in [0, 0.1) is 5.41 Å². The van der Waals surface area contributed by atoms with Gasteiger partial charge in [-0.05, 0) is 34.1 Å². The number of carbonyl (C=O) groups is 1. The zero-order valence-corrected chi connectivity index (χ0v) is 11.0. The summed E-state index contributed by atoms with van der Waals surface area (Å²) in [6, 6.07) is 5.38. The first-order chi connectivity index (χ1) is 6.86. The molecule has 0 amide bonds. The van der Waals surface area contributed by atoms with Crippen LogP contribution in [-0.2, 0) is 0 Å². The Bertz CT molecular complexity index is 378. The molecule has 1 aromatic rings. The van der Waals surface area contributed by atoms with E-state index in [1.54, 1.807) is 25.3 Å². The zero-order valence-electron chi connectivity index (χ0n) is 9.43. The quantitative estimate of drug-likeness (QED) is 0.767.